The van der Waals surface area contributed by atoms with Crippen molar-refractivity contribution in [1.29, 1.82) is 0 Å². The van der Waals surface area contributed by atoms with Crippen molar-refractivity contribution in [3.05, 3.63) is 30.6 Å². The second-order valence-electron chi connectivity index (χ2n) is 4.91. The van der Waals surface area contributed by atoms with Gasteiger partial charge in [-0.05, 0) is 25.0 Å². The molecule has 2 aromatic heterocycles. The Morgan fingerprint density at radius 3 is 2.83 bits per heavy atom. The smallest absolute Gasteiger partial charge is 0.243 e. The second kappa shape index (κ2) is 4.33. The van der Waals surface area contributed by atoms with Crippen molar-refractivity contribution in [1.82, 2.24) is 9.38 Å². The normalized spacial score (nSPS) is 14.7. The van der Waals surface area contributed by atoms with Crippen LogP contribution in [0.3, 0.4) is 0 Å². The number of hydrogen-bond donors (Lipinski definition) is 2. The van der Waals surface area contributed by atoms with Gasteiger partial charge in [0, 0.05) is 12.4 Å². The Labute approximate surface area is 106 Å². The number of nitrogens with zero attached hydrogens (tertiary/aromatic N) is 2. The fraction of sp³-hybridized carbons (Fsp3) is 0.385. The van der Waals surface area contributed by atoms with Gasteiger partial charge in [-0.15, -0.1) is 0 Å². The molecule has 1 amide bonds. The molecule has 0 aliphatic carbocycles. The highest BCUT2D eigenvalue weighted by atomic mass is 16.1. The van der Waals surface area contributed by atoms with Crippen LogP contribution in [0.5, 0.6) is 0 Å². The number of nitrogens with one attached hydrogen (secondary N) is 1. The number of carbonyl (C=O) groups is 1. The van der Waals surface area contributed by atoms with Crippen molar-refractivity contribution in [2.24, 2.45) is 11.7 Å². The van der Waals surface area contributed by atoms with Gasteiger partial charge in [0.05, 0.1) is 0 Å². The Bertz CT molecular complexity index is 575. The Morgan fingerprint density at radius 1 is 1.50 bits per heavy atom. The van der Waals surface area contributed by atoms with E-state index in [2.05, 4.69) is 10.3 Å². The fourth-order valence-electron chi connectivity index (χ4n) is 1.81. The first-order valence-electron chi connectivity index (χ1n) is 5.95. The first-order valence-corrected chi connectivity index (χ1v) is 5.95. The summed E-state index contributed by atoms with van der Waals surface area (Å²) in [6.45, 7) is 5.74. The molecule has 0 aliphatic heterocycles. The van der Waals surface area contributed by atoms with Crippen LogP contribution in [0.2, 0.25) is 0 Å². The van der Waals surface area contributed by atoms with Crippen molar-refractivity contribution in [3.63, 3.8) is 0 Å². The molecule has 0 radical (unpaired) electrons. The van der Waals surface area contributed by atoms with Gasteiger partial charge in [0.25, 0.3) is 0 Å². The Morgan fingerprint density at radius 2 is 2.22 bits per heavy atom. The molecule has 2 aromatic rings. The molecule has 3 N–H and O–H groups in total. The molecule has 96 valence electrons. The molecular weight excluding hydrogens is 228 g/mol. The third-order valence-electron chi connectivity index (χ3n) is 3.48. The van der Waals surface area contributed by atoms with Gasteiger partial charge < -0.3 is 11.1 Å². The number of imidazole rings is 1. The highest BCUT2D eigenvalue weighted by Gasteiger charge is 2.35. The lowest BCUT2D eigenvalue weighted by atomic mass is 9.87. The van der Waals surface area contributed by atoms with Crippen LogP contribution < -0.4 is 11.1 Å². The Kier molecular flexibility index (Phi) is 2.98. The van der Waals surface area contributed by atoms with Gasteiger partial charge in [0.1, 0.15) is 17.0 Å². The predicted molar refractivity (Wildman–Crippen MR) is 71.3 cm³/mol. The number of pyridine rings is 1. The van der Waals surface area contributed by atoms with Crippen LogP contribution in [0.4, 0.5) is 5.82 Å². The third-order valence-corrected chi connectivity index (χ3v) is 3.48. The summed E-state index contributed by atoms with van der Waals surface area (Å²) < 4.78 is 1.89. The minimum Gasteiger partial charge on any atom is -0.368 e. The predicted octanol–water partition coefficient (Wildman–Crippen LogP) is 1.65. The Hall–Kier alpha value is -2.04. The molecule has 1 unspecified atom stereocenters. The fourth-order valence-corrected chi connectivity index (χ4v) is 1.81. The molecule has 5 heteroatoms. The van der Waals surface area contributed by atoms with Crippen LogP contribution in [0, 0.1) is 5.92 Å². The molecular formula is C13H18N4O. The van der Waals surface area contributed by atoms with E-state index in [9.17, 15) is 4.79 Å². The van der Waals surface area contributed by atoms with E-state index in [4.69, 9.17) is 5.73 Å². The summed E-state index contributed by atoms with van der Waals surface area (Å²) in [4.78, 5) is 15.9. The molecule has 5 nitrogen and oxygen atoms in total. The number of primary amides is 1. The van der Waals surface area contributed by atoms with Crippen molar-refractivity contribution in [2.45, 2.75) is 26.3 Å². The van der Waals surface area contributed by atoms with Gasteiger partial charge in [-0.25, -0.2) is 4.98 Å². The summed E-state index contributed by atoms with van der Waals surface area (Å²) in [5.41, 5.74) is 5.55. The average molecular weight is 246 g/mol. The quantitative estimate of drug-likeness (QED) is 0.861. The Balaban J connectivity index is 2.44. The van der Waals surface area contributed by atoms with Gasteiger partial charge in [0.2, 0.25) is 5.91 Å². The molecule has 1 atom stereocenters. The van der Waals surface area contributed by atoms with Crippen molar-refractivity contribution >= 4 is 17.4 Å². The number of hydrogen-bond acceptors (Lipinski definition) is 3. The van der Waals surface area contributed by atoms with Gasteiger partial charge in [-0.2, -0.15) is 0 Å². The summed E-state index contributed by atoms with van der Waals surface area (Å²) in [7, 11) is 0. The summed E-state index contributed by atoms with van der Waals surface area (Å²) in [6.07, 6.45) is 3.57. The summed E-state index contributed by atoms with van der Waals surface area (Å²) in [5, 5.41) is 3.23. The monoisotopic (exact) mass is 246 g/mol. The van der Waals surface area contributed by atoms with E-state index < -0.39 is 5.54 Å². The lowest BCUT2D eigenvalue weighted by Gasteiger charge is -2.32. The number of aromatic nitrogens is 2. The van der Waals surface area contributed by atoms with Gasteiger partial charge in [-0.1, -0.05) is 19.9 Å². The maximum Gasteiger partial charge on any atom is 0.243 e. The molecule has 0 aromatic carbocycles. The lowest BCUT2D eigenvalue weighted by molar-refractivity contribution is -0.123. The van der Waals surface area contributed by atoms with Crippen LogP contribution in [0.25, 0.3) is 5.65 Å². The van der Waals surface area contributed by atoms with Crippen LogP contribution in [-0.2, 0) is 4.79 Å². The maximum atomic E-state index is 11.7. The van der Waals surface area contributed by atoms with Gasteiger partial charge in [-0.3, -0.25) is 9.20 Å². The highest BCUT2D eigenvalue weighted by molar-refractivity contribution is 5.87. The van der Waals surface area contributed by atoms with Crippen molar-refractivity contribution in [3.8, 4) is 0 Å². The van der Waals surface area contributed by atoms with Gasteiger partial charge in [0.15, 0.2) is 0 Å². The minimum atomic E-state index is -0.793. The standard InChI is InChI=1S/C13H18N4O/c1-9(2)13(3,12(14)18)16-11-6-4-5-10-15-7-8-17(10)11/h4-9,16H,1-3H3,(H2,14,18). The van der Waals surface area contributed by atoms with Crippen molar-refractivity contribution in [2.75, 3.05) is 5.32 Å². The van der Waals surface area contributed by atoms with E-state index in [-0.39, 0.29) is 11.8 Å². The first kappa shape index (κ1) is 12.4. The highest BCUT2D eigenvalue weighted by Crippen LogP contribution is 2.23. The zero-order valence-electron chi connectivity index (χ0n) is 10.8. The van der Waals surface area contributed by atoms with Crippen LogP contribution in [-0.4, -0.2) is 20.8 Å². The average Bonchev–Trinajstić information content (AvgIpc) is 2.77. The zero-order valence-corrected chi connectivity index (χ0v) is 10.8. The maximum absolute atomic E-state index is 11.7. The van der Waals surface area contributed by atoms with Crippen LogP contribution in [0.15, 0.2) is 30.6 Å². The van der Waals surface area contributed by atoms with Crippen LogP contribution >= 0.6 is 0 Å². The molecule has 2 heterocycles. The molecule has 0 saturated heterocycles. The van der Waals surface area contributed by atoms with E-state index in [1.165, 1.54) is 0 Å². The van der Waals surface area contributed by atoms with E-state index in [1.807, 2.05) is 49.6 Å². The second-order valence-corrected chi connectivity index (χ2v) is 4.91. The molecule has 0 saturated carbocycles. The van der Waals surface area contributed by atoms with E-state index in [1.54, 1.807) is 6.20 Å². The lowest BCUT2D eigenvalue weighted by Crippen LogP contribution is -2.52. The number of carbonyl (C=O) groups excluding carboxylic acids is 1. The number of anilines is 1. The zero-order chi connectivity index (χ0) is 13.3. The van der Waals surface area contributed by atoms with Gasteiger partial charge >= 0.3 is 0 Å². The molecule has 0 fully saturated rings. The third kappa shape index (κ3) is 1.92. The number of nitrogens with two attached hydrogens (primary N) is 1. The summed E-state index contributed by atoms with van der Waals surface area (Å²) in [6, 6.07) is 5.70. The van der Waals surface area contributed by atoms with E-state index in [0.717, 1.165) is 11.5 Å². The van der Waals surface area contributed by atoms with E-state index >= 15 is 0 Å². The number of amides is 1. The minimum absolute atomic E-state index is 0.0776. The molecule has 2 rings (SSSR count). The SMILES string of the molecule is CC(C)C(C)(Nc1cccc2nccn12)C(N)=O. The summed E-state index contributed by atoms with van der Waals surface area (Å²) >= 11 is 0. The van der Waals surface area contributed by atoms with Crippen molar-refractivity contribution < 1.29 is 4.79 Å². The molecule has 18 heavy (non-hydrogen) atoms. The number of fused-ring (bicyclic) bond motifs is 1. The molecule has 0 bridgehead atoms. The van der Waals surface area contributed by atoms with E-state index in [0.29, 0.717) is 0 Å². The largest absolute Gasteiger partial charge is 0.368 e. The van der Waals surface area contributed by atoms with Crippen LogP contribution in [0.1, 0.15) is 20.8 Å². The summed E-state index contributed by atoms with van der Waals surface area (Å²) in [5.74, 6) is 0.517. The molecule has 0 aliphatic rings. The first-order chi connectivity index (χ1) is 8.45. The molecule has 0 spiro atoms. The number of rotatable bonds is 4. The topological polar surface area (TPSA) is 72.4 Å².